The van der Waals surface area contributed by atoms with E-state index in [2.05, 4.69) is 5.32 Å². The van der Waals surface area contributed by atoms with Crippen LogP contribution in [0.2, 0.25) is 5.02 Å². The van der Waals surface area contributed by atoms with Crippen molar-refractivity contribution in [3.63, 3.8) is 0 Å². The average molecular weight is 574 g/mol. The molecule has 0 bridgehead atoms. The average Bonchev–Trinajstić information content (AvgIpc) is 2.89. The van der Waals surface area contributed by atoms with Crippen molar-refractivity contribution < 1.29 is 22.4 Å². The molecule has 0 saturated heterocycles. The lowest BCUT2D eigenvalue weighted by molar-refractivity contribution is -0.139. The molecule has 0 aliphatic carbocycles. The molecule has 0 fully saturated rings. The molecule has 3 rings (SSSR count). The van der Waals surface area contributed by atoms with Crippen LogP contribution in [0.15, 0.2) is 77.7 Å². The van der Waals surface area contributed by atoms with Crippen LogP contribution in [0.1, 0.15) is 31.9 Å². The number of carbonyl (C=O) groups excluding carboxylic acids is 2. The van der Waals surface area contributed by atoms with Crippen LogP contribution in [0.4, 0.5) is 10.1 Å². The maximum atomic E-state index is 14.6. The molecule has 0 heterocycles. The van der Waals surface area contributed by atoms with Crippen molar-refractivity contribution in [1.29, 1.82) is 0 Å². The van der Waals surface area contributed by atoms with Crippen molar-refractivity contribution in [2.24, 2.45) is 5.92 Å². The van der Waals surface area contributed by atoms with Crippen LogP contribution < -0.4 is 9.62 Å². The van der Waals surface area contributed by atoms with Gasteiger partial charge in [-0.25, -0.2) is 12.8 Å². The fraction of sp³-hybridized carbons (Fsp3) is 0.310. The number of carbonyl (C=O) groups is 2. The van der Waals surface area contributed by atoms with Crippen molar-refractivity contribution in [1.82, 2.24) is 10.2 Å². The molecule has 1 N–H and O–H groups in total. The lowest BCUT2D eigenvalue weighted by atomic mass is 10.1. The fourth-order valence-corrected chi connectivity index (χ4v) is 5.43. The molecule has 0 aliphatic rings. The van der Waals surface area contributed by atoms with Crippen molar-refractivity contribution in [3.8, 4) is 0 Å². The van der Waals surface area contributed by atoms with E-state index in [9.17, 15) is 22.4 Å². The van der Waals surface area contributed by atoms with Crippen molar-refractivity contribution in [2.45, 2.75) is 45.2 Å². The van der Waals surface area contributed by atoms with Gasteiger partial charge in [-0.2, -0.15) is 0 Å². The maximum Gasteiger partial charge on any atom is 0.264 e. The van der Waals surface area contributed by atoms with E-state index in [1.54, 1.807) is 30.3 Å². The molecule has 0 spiro atoms. The Labute approximate surface area is 234 Å². The third kappa shape index (κ3) is 7.80. The highest BCUT2D eigenvalue weighted by Gasteiger charge is 2.33. The van der Waals surface area contributed by atoms with Crippen LogP contribution in [0.25, 0.3) is 0 Å². The predicted octanol–water partition coefficient (Wildman–Crippen LogP) is 5.17. The van der Waals surface area contributed by atoms with Crippen LogP contribution in [0.3, 0.4) is 0 Å². The normalized spacial score (nSPS) is 12.2. The topological polar surface area (TPSA) is 86.8 Å². The summed E-state index contributed by atoms with van der Waals surface area (Å²) in [7, 11) is -4.21. The van der Waals surface area contributed by atoms with Gasteiger partial charge in [-0.05, 0) is 56.2 Å². The Hall–Kier alpha value is -3.43. The number of halogens is 2. The number of amides is 2. The van der Waals surface area contributed by atoms with Gasteiger partial charge in [0.25, 0.3) is 10.0 Å². The van der Waals surface area contributed by atoms with Gasteiger partial charge in [0.05, 0.1) is 10.6 Å². The monoisotopic (exact) mass is 573 g/mol. The summed E-state index contributed by atoms with van der Waals surface area (Å²) in [5.74, 6) is -1.47. The summed E-state index contributed by atoms with van der Waals surface area (Å²) in [5, 5.41) is 3.08. The smallest absolute Gasteiger partial charge is 0.264 e. The molecule has 2 amide bonds. The minimum atomic E-state index is -4.21. The molecule has 3 aromatic carbocycles. The molecule has 0 saturated carbocycles. The fourth-order valence-electron chi connectivity index (χ4n) is 3.84. The summed E-state index contributed by atoms with van der Waals surface area (Å²) in [4.78, 5) is 28.0. The number of hydrogen-bond acceptors (Lipinski definition) is 4. The quantitative estimate of drug-likeness (QED) is 0.343. The minimum Gasteiger partial charge on any atom is -0.354 e. The van der Waals surface area contributed by atoms with Gasteiger partial charge in [0.2, 0.25) is 11.8 Å². The Morgan fingerprint density at radius 2 is 1.64 bits per heavy atom. The number of hydrogen-bond donors (Lipinski definition) is 1. The molecule has 39 heavy (non-hydrogen) atoms. The molecule has 0 aromatic heterocycles. The van der Waals surface area contributed by atoms with Crippen molar-refractivity contribution >= 4 is 39.1 Å². The van der Waals surface area contributed by atoms with E-state index in [-0.39, 0.29) is 33.6 Å². The Balaban J connectivity index is 2.02. The van der Waals surface area contributed by atoms with Crippen LogP contribution in [0.5, 0.6) is 0 Å². The number of nitrogens with zero attached hydrogens (tertiary/aromatic N) is 2. The third-order valence-corrected chi connectivity index (χ3v) is 8.16. The largest absolute Gasteiger partial charge is 0.354 e. The van der Waals surface area contributed by atoms with Crippen LogP contribution in [-0.4, -0.2) is 44.3 Å². The number of nitrogens with one attached hydrogen (secondary N) is 1. The second-order valence-corrected chi connectivity index (χ2v) is 12.0. The lowest BCUT2D eigenvalue weighted by Crippen LogP contribution is -2.51. The van der Waals surface area contributed by atoms with E-state index in [0.29, 0.717) is 6.54 Å². The molecule has 0 aliphatic heterocycles. The minimum absolute atomic E-state index is 0.00995. The molecular formula is C29H33ClFN3O4S. The summed E-state index contributed by atoms with van der Waals surface area (Å²) < 4.78 is 43.1. The Bertz CT molecular complexity index is 1410. The number of anilines is 1. The van der Waals surface area contributed by atoms with Crippen LogP contribution in [-0.2, 0) is 26.2 Å². The second-order valence-electron chi connectivity index (χ2n) is 9.73. The van der Waals surface area contributed by atoms with Crippen LogP contribution >= 0.6 is 11.6 Å². The highest BCUT2D eigenvalue weighted by atomic mass is 35.5. The van der Waals surface area contributed by atoms with Gasteiger partial charge >= 0.3 is 0 Å². The van der Waals surface area contributed by atoms with Crippen molar-refractivity contribution in [2.75, 3.05) is 17.4 Å². The molecule has 208 valence electrons. The maximum absolute atomic E-state index is 14.6. The zero-order valence-corrected chi connectivity index (χ0v) is 24.0. The first kappa shape index (κ1) is 30.1. The molecule has 0 radical (unpaired) electrons. The molecular weight excluding hydrogens is 541 g/mol. The molecule has 3 aromatic rings. The zero-order valence-electron chi connectivity index (χ0n) is 22.4. The highest BCUT2D eigenvalue weighted by molar-refractivity contribution is 7.92. The number of aryl methyl sites for hydroxylation is 1. The number of rotatable bonds is 11. The van der Waals surface area contributed by atoms with Gasteiger partial charge < -0.3 is 10.2 Å². The van der Waals surface area contributed by atoms with E-state index in [0.717, 1.165) is 9.87 Å². The molecule has 7 nitrogen and oxygen atoms in total. The lowest BCUT2D eigenvalue weighted by Gasteiger charge is -2.32. The van der Waals surface area contributed by atoms with Gasteiger partial charge in [-0.1, -0.05) is 67.4 Å². The van der Waals surface area contributed by atoms with E-state index in [4.69, 9.17) is 11.6 Å². The Morgan fingerprint density at radius 1 is 0.974 bits per heavy atom. The van der Waals surface area contributed by atoms with Gasteiger partial charge in [-0.15, -0.1) is 0 Å². The molecule has 1 atom stereocenters. The summed E-state index contributed by atoms with van der Waals surface area (Å²) >= 11 is 6.17. The van der Waals surface area contributed by atoms with Gasteiger partial charge in [-0.3, -0.25) is 13.9 Å². The highest BCUT2D eigenvalue weighted by Crippen LogP contribution is 2.27. The summed E-state index contributed by atoms with van der Waals surface area (Å²) in [6.45, 7) is 6.77. The second kappa shape index (κ2) is 13.1. The van der Waals surface area contributed by atoms with E-state index < -0.39 is 40.2 Å². The third-order valence-electron chi connectivity index (χ3n) is 6.13. The predicted molar refractivity (Wildman–Crippen MR) is 151 cm³/mol. The number of sulfonamides is 1. The summed E-state index contributed by atoms with van der Waals surface area (Å²) in [5.41, 5.74) is 1.25. The molecule has 10 heteroatoms. The van der Waals surface area contributed by atoms with Gasteiger partial charge in [0.1, 0.15) is 18.4 Å². The standard InChI is InChI=1S/C29H33ClFN3O4S/c1-20(2)17-32-29(36)22(4)33(18-23-8-5-6-11-27(23)31)28(35)19-34(25-10-7-9-24(30)16-25)39(37,38)26-14-12-21(3)13-15-26/h5-16,20,22H,17-19H2,1-4H3,(H,32,36)/t22-/m1/s1. The van der Waals surface area contributed by atoms with E-state index in [1.165, 1.54) is 54.3 Å². The van der Waals surface area contributed by atoms with Gasteiger partial charge in [0, 0.05) is 23.7 Å². The molecule has 0 unspecified atom stereocenters. The number of benzene rings is 3. The Kier molecular flexibility index (Phi) is 10.1. The Morgan fingerprint density at radius 3 is 2.26 bits per heavy atom. The zero-order chi connectivity index (χ0) is 28.7. The van der Waals surface area contributed by atoms with Gasteiger partial charge in [0.15, 0.2) is 0 Å². The SMILES string of the molecule is Cc1ccc(S(=O)(=O)N(CC(=O)N(Cc2ccccc2F)[C@H](C)C(=O)NCC(C)C)c2cccc(Cl)c2)cc1. The summed E-state index contributed by atoms with van der Waals surface area (Å²) in [6.07, 6.45) is 0. The first-order valence-corrected chi connectivity index (χ1v) is 14.4. The van der Waals surface area contributed by atoms with E-state index >= 15 is 0 Å². The first-order chi connectivity index (χ1) is 18.4. The van der Waals surface area contributed by atoms with E-state index in [1.807, 2.05) is 20.8 Å². The van der Waals surface area contributed by atoms with Crippen molar-refractivity contribution in [3.05, 3.63) is 94.8 Å². The first-order valence-electron chi connectivity index (χ1n) is 12.6. The summed E-state index contributed by atoms with van der Waals surface area (Å²) in [6, 6.07) is 17.3. The van der Waals surface area contributed by atoms with Crippen LogP contribution in [0, 0.1) is 18.7 Å².